The van der Waals surface area contributed by atoms with E-state index in [0.29, 0.717) is 27.0 Å². The molecule has 2 heterocycles. The molecule has 0 unspecified atom stereocenters. The van der Waals surface area contributed by atoms with Crippen LogP contribution in [0.5, 0.6) is 0 Å². The van der Waals surface area contributed by atoms with Crippen LogP contribution in [0.25, 0.3) is 5.69 Å². The van der Waals surface area contributed by atoms with Gasteiger partial charge in [0, 0.05) is 17.6 Å². The van der Waals surface area contributed by atoms with Gasteiger partial charge in [-0.1, -0.05) is 0 Å². The molecule has 0 spiro atoms. The number of carbonyl (C=O) groups is 1. The Bertz CT molecular complexity index is 889. The van der Waals surface area contributed by atoms with Gasteiger partial charge in [-0.2, -0.15) is 0 Å². The molecule has 0 bridgehead atoms. The Balaban J connectivity index is 2.11. The van der Waals surface area contributed by atoms with Gasteiger partial charge in [0.15, 0.2) is 0 Å². The monoisotopic (exact) mass is 425 g/mol. The van der Waals surface area contributed by atoms with Gasteiger partial charge in [-0.15, -0.1) is 0 Å². The second kappa shape index (κ2) is 7.29. The van der Waals surface area contributed by atoms with E-state index in [4.69, 9.17) is 17.0 Å². The summed E-state index contributed by atoms with van der Waals surface area (Å²) in [4.78, 5) is 25.1. The molecule has 2 aromatic rings. The van der Waals surface area contributed by atoms with Gasteiger partial charge >= 0.3 is 11.7 Å². The largest absolute Gasteiger partial charge is 0.459 e. The summed E-state index contributed by atoms with van der Waals surface area (Å²) in [6.07, 6.45) is 2.84. The number of hydrogen-bond donors (Lipinski definition) is 0. The molecule has 6 nitrogen and oxygen atoms in total. The molecule has 1 aromatic heterocycles. The molecule has 134 valence electrons. The predicted molar refractivity (Wildman–Crippen MR) is 101 cm³/mol. The molecule has 25 heavy (non-hydrogen) atoms. The Hall–Kier alpha value is -1.67. The first kappa shape index (κ1) is 18.1. The number of ether oxygens (including phenoxy) is 1. The highest BCUT2D eigenvalue weighted by Gasteiger charge is 2.19. The van der Waals surface area contributed by atoms with Crippen LogP contribution in [0, 0.1) is 4.77 Å². The number of aromatic nitrogens is 3. The molecule has 3 rings (SSSR count). The fraction of sp³-hybridized carbons (Fsp3) is 0.471. The van der Waals surface area contributed by atoms with Crippen LogP contribution in [0.1, 0.15) is 43.5 Å². The first-order valence-corrected chi connectivity index (χ1v) is 9.54. The highest BCUT2D eigenvalue weighted by molar-refractivity contribution is 9.10. The van der Waals surface area contributed by atoms with Crippen molar-refractivity contribution >= 4 is 34.1 Å². The lowest BCUT2D eigenvalue weighted by Crippen LogP contribution is -2.26. The van der Waals surface area contributed by atoms with Gasteiger partial charge in [-0.3, -0.25) is 4.68 Å². The van der Waals surface area contributed by atoms with Crippen LogP contribution in [0.15, 0.2) is 27.5 Å². The molecule has 0 fully saturated rings. The Morgan fingerprint density at radius 3 is 2.56 bits per heavy atom. The van der Waals surface area contributed by atoms with Crippen LogP contribution in [0.2, 0.25) is 0 Å². The molecular weight excluding hydrogens is 406 g/mol. The van der Waals surface area contributed by atoms with E-state index in [-0.39, 0.29) is 11.8 Å². The van der Waals surface area contributed by atoms with E-state index < -0.39 is 5.97 Å². The summed E-state index contributed by atoms with van der Waals surface area (Å²) in [5.74, 6) is -0.434. The summed E-state index contributed by atoms with van der Waals surface area (Å²) in [5, 5.41) is 0. The lowest BCUT2D eigenvalue weighted by Gasteiger charge is -2.10. The summed E-state index contributed by atoms with van der Waals surface area (Å²) in [7, 11) is 0. The minimum atomic E-state index is -0.434. The molecule has 0 aliphatic carbocycles. The maximum Gasteiger partial charge on any atom is 0.349 e. The van der Waals surface area contributed by atoms with Gasteiger partial charge in [0.2, 0.25) is 4.77 Å². The lowest BCUT2D eigenvalue weighted by atomic mass is 10.2. The number of halogens is 1. The number of hydrogen-bond acceptors (Lipinski definition) is 4. The average molecular weight is 426 g/mol. The first-order chi connectivity index (χ1) is 11.9. The second-order valence-corrected chi connectivity index (χ2v) is 7.55. The molecule has 0 amide bonds. The molecule has 1 aliphatic heterocycles. The molecule has 0 radical (unpaired) electrons. The normalized spacial score (nSPS) is 14.2. The van der Waals surface area contributed by atoms with Gasteiger partial charge < -0.3 is 4.74 Å². The number of carbonyl (C=O) groups excluding carboxylic acids is 1. The number of esters is 1. The van der Waals surface area contributed by atoms with Crippen molar-refractivity contribution < 1.29 is 9.53 Å². The Morgan fingerprint density at radius 2 is 1.88 bits per heavy atom. The van der Waals surface area contributed by atoms with E-state index in [0.717, 1.165) is 25.8 Å². The smallest absolute Gasteiger partial charge is 0.349 e. The SMILES string of the molecule is CC(C)OC(=O)c1cc(-n2c(=O)n3n(c2=S)CCCCC3)ccc1Br. The van der Waals surface area contributed by atoms with Gasteiger partial charge in [0.1, 0.15) is 0 Å². The minimum absolute atomic E-state index is 0.169. The summed E-state index contributed by atoms with van der Waals surface area (Å²) in [6.45, 7) is 4.99. The molecule has 1 aromatic carbocycles. The van der Waals surface area contributed by atoms with Crippen LogP contribution in [-0.4, -0.2) is 26.0 Å². The molecule has 0 atom stereocenters. The van der Waals surface area contributed by atoms with E-state index in [9.17, 15) is 9.59 Å². The highest BCUT2D eigenvalue weighted by atomic mass is 79.9. The fourth-order valence-corrected chi connectivity index (χ4v) is 3.74. The third-order valence-electron chi connectivity index (χ3n) is 4.13. The summed E-state index contributed by atoms with van der Waals surface area (Å²) >= 11 is 8.90. The zero-order valence-electron chi connectivity index (χ0n) is 14.2. The Kier molecular flexibility index (Phi) is 5.29. The van der Waals surface area contributed by atoms with Crippen molar-refractivity contribution in [3.8, 4) is 5.69 Å². The van der Waals surface area contributed by atoms with Crippen LogP contribution >= 0.6 is 28.1 Å². The van der Waals surface area contributed by atoms with Gasteiger partial charge in [0.05, 0.1) is 17.4 Å². The van der Waals surface area contributed by atoms with Crippen LogP contribution in [0.4, 0.5) is 0 Å². The minimum Gasteiger partial charge on any atom is -0.459 e. The predicted octanol–water partition coefficient (Wildman–Crippen LogP) is 3.68. The number of nitrogens with zero attached hydrogens (tertiary/aromatic N) is 3. The number of benzene rings is 1. The third-order valence-corrected chi connectivity index (χ3v) is 5.21. The van der Waals surface area contributed by atoms with E-state index in [1.807, 2.05) is 4.68 Å². The topological polar surface area (TPSA) is 58.2 Å². The zero-order chi connectivity index (χ0) is 18.1. The number of rotatable bonds is 3. The van der Waals surface area contributed by atoms with Crippen molar-refractivity contribution in [1.82, 2.24) is 13.9 Å². The molecule has 8 heteroatoms. The van der Waals surface area contributed by atoms with E-state index in [1.54, 1.807) is 36.7 Å². The summed E-state index contributed by atoms with van der Waals surface area (Å²) in [5.41, 5.74) is 0.776. The van der Waals surface area contributed by atoms with Crippen molar-refractivity contribution in [1.29, 1.82) is 0 Å². The second-order valence-electron chi connectivity index (χ2n) is 6.33. The molecule has 0 N–H and O–H groups in total. The molecule has 0 saturated carbocycles. The summed E-state index contributed by atoms with van der Waals surface area (Å²) < 4.78 is 11.4. The van der Waals surface area contributed by atoms with Gasteiger partial charge in [-0.25, -0.2) is 18.8 Å². The molecule has 1 aliphatic rings. The first-order valence-electron chi connectivity index (χ1n) is 8.33. The zero-order valence-corrected chi connectivity index (χ0v) is 16.6. The maximum atomic E-state index is 12.8. The fourth-order valence-electron chi connectivity index (χ4n) is 2.96. The van der Waals surface area contributed by atoms with Crippen molar-refractivity contribution in [2.24, 2.45) is 0 Å². The molecule has 0 saturated heterocycles. The number of fused-ring (bicyclic) bond motifs is 1. The Morgan fingerprint density at radius 1 is 1.20 bits per heavy atom. The average Bonchev–Trinajstić information content (AvgIpc) is 2.73. The van der Waals surface area contributed by atoms with Crippen molar-refractivity contribution in [2.45, 2.75) is 52.3 Å². The van der Waals surface area contributed by atoms with Crippen molar-refractivity contribution in [3.63, 3.8) is 0 Å². The van der Waals surface area contributed by atoms with Gasteiger partial charge in [-0.05, 0) is 79.5 Å². The van der Waals surface area contributed by atoms with Crippen LogP contribution in [-0.2, 0) is 17.8 Å². The van der Waals surface area contributed by atoms with E-state index >= 15 is 0 Å². The highest BCUT2D eigenvalue weighted by Crippen LogP contribution is 2.22. The maximum absolute atomic E-state index is 12.8. The molecular formula is C17H20BrN3O3S. The van der Waals surface area contributed by atoms with E-state index in [2.05, 4.69) is 15.9 Å². The van der Waals surface area contributed by atoms with Crippen molar-refractivity contribution in [3.05, 3.63) is 43.5 Å². The third kappa shape index (κ3) is 3.50. The van der Waals surface area contributed by atoms with Crippen molar-refractivity contribution in [2.75, 3.05) is 0 Å². The lowest BCUT2D eigenvalue weighted by molar-refractivity contribution is 0.0377. The Labute approximate surface area is 159 Å². The van der Waals surface area contributed by atoms with Crippen LogP contribution in [0.3, 0.4) is 0 Å². The van der Waals surface area contributed by atoms with E-state index in [1.165, 1.54) is 4.57 Å². The quantitative estimate of drug-likeness (QED) is 0.555. The summed E-state index contributed by atoms with van der Waals surface area (Å²) in [6, 6.07) is 5.15. The standard InChI is InChI=1S/C17H20BrN3O3S/c1-11(2)24-15(22)13-10-12(6-7-14(13)18)21-16(23)19-8-4-3-5-9-20(19)17(21)25/h6-7,10-11H,3-5,8-9H2,1-2H3. The van der Waals surface area contributed by atoms with Gasteiger partial charge in [0.25, 0.3) is 0 Å². The van der Waals surface area contributed by atoms with Crippen LogP contribution < -0.4 is 5.69 Å².